The van der Waals surface area contributed by atoms with Gasteiger partial charge >= 0.3 is 0 Å². The Morgan fingerprint density at radius 2 is 1.48 bits per heavy atom. The van der Waals surface area contributed by atoms with Crippen molar-refractivity contribution in [3.8, 4) is 11.3 Å². The molecule has 0 amide bonds. The van der Waals surface area contributed by atoms with Crippen LogP contribution in [0, 0.1) is 12.8 Å². The lowest BCUT2D eigenvalue weighted by molar-refractivity contribution is -0.661. The van der Waals surface area contributed by atoms with Crippen LogP contribution in [0.3, 0.4) is 0 Å². The van der Waals surface area contributed by atoms with E-state index in [1.54, 1.807) is 0 Å². The standard InChI is InChI=1S/C26H38N/c1-19-17-21(25(2,3)4)13-15-23(19)24-16-14-22(18-27(24)7)26(5,6)20-11-9-8-10-12-20/h13-18,20H,8-12H2,1-7H3/q+1. The van der Waals surface area contributed by atoms with Gasteiger partial charge in [-0.2, -0.15) is 0 Å². The van der Waals surface area contributed by atoms with Crippen LogP contribution in [0.5, 0.6) is 0 Å². The molecule has 0 radical (unpaired) electrons. The Kier molecular flexibility index (Phi) is 5.52. The first kappa shape index (κ1) is 20.1. The number of nitrogens with zero attached hydrogens (tertiary/aromatic N) is 1. The van der Waals surface area contributed by atoms with Crippen LogP contribution in [-0.4, -0.2) is 0 Å². The Balaban J connectivity index is 1.93. The number of hydrogen-bond acceptors (Lipinski definition) is 0. The van der Waals surface area contributed by atoms with Gasteiger partial charge in [-0.25, -0.2) is 4.57 Å². The molecule has 0 atom stereocenters. The lowest BCUT2D eigenvalue weighted by Gasteiger charge is -2.36. The first-order chi connectivity index (χ1) is 12.6. The normalized spacial score (nSPS) is 16.6. The average molecular weight is 365 g/mol. The van der Waals surface area contributed by atoms with Gasteiger partial charge in [0.1, 0.15) is 7.05 Å². The van der Waals surface area contributed by atoms with E-state index in [0.717, 1.165) is 5.92 Å². The Bertz CT molecular complexity index is 801. The third-order valence-corrected chi connectivity index (χ3v) is 6.87. The summed E-state index contributed by atoms with van der Waals surface area (Å²) in [6.45, 7) is 14.0. The van der Waals surface area contributed by atoms with E-state index in [9.17, 15) is 0 Å². The van der Waals surface area contributed by atoms with Gasteiger partial charge in [-0.05, 0) is 59.8 Å². The Labute approximate surface area is 166 Å². The van der Waals surface area contributed by atoms with E-state index in [2.05, 4.69) is 89.7 Å². The summed E-state index contributed by atoms with van der Waals surface area (Å²) in [6.07, 6.45) is 9.36. The maximum absolute atomic E-state index is 2.45. The van der Waals surface area contributed by atoms with E-state index in [0.29, 0.717) is 0 Å². The molecule has 146 valence electrons. The molecule has 0 spiro atoms. The van der Waals surface area contributed by atoms with Gasteiger partial charge in [0.2, 0.25) is 5.69 Å². The SMILES string of the molecule is Cc1cc(C(C)(C)C)ccc1-c1ccc(C(C)(C)C2CCCCC2)c[n+]1C. The maximum atomic E-state index is 2.45. The molecule has 1 fully saturated rings. The zero-order valence-electron chi connectivity index (χ0n) is 18.5. The molecule has 1 nitrogen and oxygen atoms in total. The van der Waals surface area contributed by atoms with Crippen LogP contribution >= 0.6 is 0 Å². The Hall–Kier alpha value is -1.63. The molecule has 0 bridgehead atoms. The van der Waals surface area contributed by atoms with Gasteiger partial charge in [-0.1, -0.05) is 66.0 Å². The average Bonchev–Trinajstić information content (AvgIpc) is 2.62. The largest absolute Gasteiger partial charge is 0.212 e. The molecule has 27 heavy (non-hydrogen) atoms. The second kappa shape index (κ2) is 7.41. The van der Waals surface area contributed by atoms with Gasteiger partial charge in [0.25, 0.3) is 0 Å². The van der Waals surface area contributed by atoms with Gasteiger partial charge in [-0.15, -0.1) is 0 Å². The second-order valence-electron chi connectivity index (χ2n) is 10.3. The molecule has 1 aliphatic rings. The summed E-state index contributed by atoms with van der Waals surface area (Å²) in [6, 6.07) is 11.7. The van der Waals surface area contributed by atoms with Crippen molar-refractivity contribution in [1.29, 1.82) is 0 Å². The lowest BCUT2D eigenvalue weighted by atomic mass is 9.68. The van der Waals surface area contributed by atoms with Gasteiger partial charge in [0.15, 0.2) is 6.20 Å². The number of hydrogen-bond donors (Lipinski definition) is 0. The number of pyridine rings is 1. The molecular weight excluding hydrogens is 326 g/mol. The van der Waals surface area contributed by atoms with Gasteiger partial charge < -0.3 is 0 Å². The fourth-order valence-electron chi connectivity index (χ4n) is 4.75. The molecule has 1 aromatic carbocycles. The summed E-state index contributed by atoms with van der Waals surface area (Å²) in [4.78, 5) is 0. The maximum Gasteiger partial charge on any atom is 0.212 e. The summed E-state index contributed by atoms with van der Waals surface area (Å²) in [7, 11) is 2.20. The van der Waals surface area contributed by atoms with Crippen molar-refractivity contribution < 1.29 is 4.57 Å². The number of benzene rings is 1. The second-order valence-corrected chi connectivity index (χ2v) is 10.3. The lowest BCUT2D eigenvalue weighted by Crippen LogP contribution is -2.37. The highest BCUT2D eigenvalue weighted by molar-refractivity contribution is 5.62. The van der Waals surface area contributed by atoms with E-state index < -0.39 is 0 Å². The van der Waals surface area contributed by atoms with E-state index in [4.69, 9.17) is 0 Å². The molecule has 1 aliphatic carbocycles. The highest BCUT2D eigenvalue weighted by Crippen LogP contribution is 2.40. The smallest absolute Gasteiger partial charge is 0.201 e. The highest BCUT2D eigenvalue weighted by Gasteiger charge is 2.34. The fraction of sp³-hybridized carbons (Fsp3) is 0.577. The number of aryl methyl sites for hydroxylation is 2. The first-order valence-corrected chi connectivity index (χ1v) is 10.7. The van der Waals surface area contributed by atoms with Crippen LogP contribution in [-0.2, 0) is 17.9 Å². The molecule has 1 saturated carbocycles. The van der Waals surface area contributed by atoms with E-state index in [1.807, 2.05) is 0 Å². The van der Waals surface area contributed by atoms with Crippen molar-refractivity contribution in [2.45, 2.75) is 84.5 Å². The Morgan fingerprint density at radius 1 is 0.852 bits per heavy atom. The molecule has 0 unspecified atom stereocenters. The molecule has 1 heterocycles. The fourth-order valence-corrected chi connectivity index (χ4v) is 4.75. The summed E-state index contributed by atoms with van der Waals surface area (Å²) >= 11 is 0. The van der Waals surface area contributed by atoms with Crippen LogP contribution < -0.4 is 4.57 Å². The molecule has 2 aromatic rings. The minimum atomic E-state index is 0.194. The van der Waals surface area contributed by atoms with Crippen molar-refractivity contribution in [1.82, 2.24) is 0 Å². The molecule has 3 rings (SSSR count). The van der Waals surface area contributed by atoms with Crippen LogP contribution in [0.2, 0.25) is 0 Å². The first-order valence-electron chi connectivity index (χ1n) is 10.7. The van der Waals surface area contributed by atoms with Crippen molar-refractivity contribution in [3.05, 3.63) is 53.2 Å². The van der Waals surface area contributed by atoms with Crippen LogP contribution in [0.4, 0.5) is 0 Å². The number of aromatic nitrogens is 1. The third kappa shape index (κ3) is 4.13. The Morgan fingerprint density at radius 3 is 2.04 bits per heavy atom. The van der Waals surface area contributed by atoms with Gasteiger partial charge in [-0.3, -0.25) is 0 Å². The quantitative estimate of drug-likeness (QED) is 0.537. The summed E-state index contributed by atoms with van der Waals surface area (Å²) in [5, 5.41) is 0. The molecule has 0 saturated heterocycles. The summed E-state index contributed by atoms with van der Waals surface area (Å²) in [5.41, 5.74) is 7.33. The summed E-state index contributed by atoms with van der Waals surface area (Å²) in [5.74, 6) is 0.810. The molecule has 1 aromatic heterocycles. The molecule has 0 aliphatic heterocycles. The molecular formula is C26H38N+. The van der Waals surface area contributed by atoms with Gasteiger partial charge in [0.05, 0.1) is 0 Å². The van der Waals surface area contributed by atoms with E-state index in [-0.39, 0.29) is 10.8 Å². The topological polar surface area (TPSA) is 3.88 Å². The van der Waals surface area contributed by atoms with Crippen LogP contribution in [0.25, 0.3) is 11.3 Å². The van der Waals surface area contributed by atoms with Gasteiger partial charge in [0, 0.05) is 17.2 Å². The minimum Gasteiger partial charge on any atom is -0.201 e. The van der Waals surface area contributed by atoms with Crippen molar-refractivity contribution >= 4 is 0 Å². The predicted octanol–water partition coefficient (Wildman–Crippen LogP) is 6.64. The van der Waals surface area contributed by atoms with E-state index in [1.165, 1.54) is 60.1 Å². The predicted molar refractivity (Wildman–Crippen MR) is 116 cm³/mol. The molecule has 0 N–H and O–H groups in total. The molecule has 1 heteroatoms. The van der Waals surface area contributed by atoms with E-state index >= 15 is 0 Å². The highest BCUT2D eigenvalue weighted by atomic mass is 14.9. The number of rotatable bonds is 3. The van der Waals surface area contributed by atoms with Crippen molar-refractivity contribution in [2.75, 3.05) is 0 Å². The van der Waals surface area contributed by atoms with Crippen LogP contribution in [0.15, 0.2) is 36.5 Å². The van der Waals surface area contributed by atoms with Crippen LogP contribution in [0.1, 0.15) is 83.4 Å². The summed E-state index contributed by atoms with van der Waals surface area (Å²) < 4.78 is 2.33. The zero-order chi connectivity index (χ0) is 19.8. The monoisotopic (exact) mass is 364 g/mol. The third-order valence-electron chi connectivity index (χ3n) is 6.87. The zero-order valence-corrected chi connectivity index (χ0v) is 18.5. The minimum absolute atomic E-state index is 0.194. The van der Waals surface area contributed by atoms with Crippen molar-refractivity contribution in [3.63, 3.8) is 0 Å². The van der Waals surface area contributed by atoms with Crippen molar-refractivity contribution in [2.24, 2.45) is 13.0 Å².